The standard InChI is InChI=1S/C20H16N2/c1-13-3-4-14(2)17(11-13)20-19-16(8-10-22-20)6-5-15-7-9-21-12-18(15)19/h3-12H,1-2H3. The van der Waals surface area contributed by atoms with Crippen LogP contribution in [0.25, 0.3) is 32.8 Å². The molecule has 2 heteroatoms. The van der Waals surface area contributed by atoms with E-state index in [0.717, 1.165) is 11.1 Å². The molecule has 0 spiro atoms. The molecule has 0 N–H and O–H groups in total. The van der Waals surface area contributed by atoms with E-state index in [4.69, 9.17) is 4.98 Å². The maximum atomic E-state index is 4.70. The predicted molar refractivity (Wildman–Crippen MR) is 92.0 cm³/mol. The second kappa shape index (κ2) is 4.92. The summed E-state index contributed by atoms with van der Waals surface area (Å²) >= 11 is 0. The van der Waals surface area contributed by atoms with Gasteiger partial charge in [-0.25, -0.2) is 0 Å². The van der Waals surface area contributed by atoms with Crippen LogP contribution in [0.15, 0.2) is 61.1 Å². The van der Waals surface area contributed by atoms with Crippen molar-refractivity contribution in [2.24, 2.45) is 0 Å². The molecule has 4 rings (SSSR count). The van der Waals surface area contributed by atoms with Crippen molar-refractivity contribution in [3.8, 4) is 11.3 Å². The number of pyridine rings is 2. The molecule has 0 amide bonds. The summed E-state index contributed by atoms with van der Waals surface area (Å²) in [6, 6.07) is 14.9. The van der Waals surface area contributed by atoms with Crippen LogP contribution in [0.5, 0.6) is 0 Å². The highest BCUT2D eigenvalue weighted by molar-refractivity contribution is 6.13. The van der Waals surface area contributed by atoms with Crippen molar-refractivity contribution in [2.75, 3.05) is 0 Å². The Morgan fingerprint density at radius 2 is 1.64 bits per heavy atom. The number of hydrogen-bond donors (Lipinski definition) is 0. The summed E-state index contributed by atoms with van der Waals surface area (Å²) in [7, 11) is 0. The number of nitrogens with zero attached hydrogens (tertiary/aromatic N) is 2. The van der Waals surface area contributed by atoms with Gasteiger partial charge < -0.3 is 0 Å². The minimum Gasteiger partial charge on any atom is -0.264 e. The van der Waals surface area contributed by atoms with Gasteiger partial charge in [-0.05, 0) is 48.4 Å². The van der Waals surface area contributed by atoms with Crippen LogP contribution in [0.1, 0.15) is 11.1 Å². The van der Waals surface area contributed by atoms with Crippen LogP contribution in [0.3, 0.4) is 0 Å². The highest BCUT2D eigenvalue weighted by Gasteiger charge is 2.11. The zero-order chi connectivity index (χ0) is 15.1. The number of aromatic nitrogens is 2. The van der Waals surface area contributed by atoms with Crippen LogP contribution < -0.4 is 0 Å². The largest absolute Gasteiger partial charge is 0.264 e. The van der Waals surface area contributed by atoms with Crippen molar-refractivity contribution in [3.05, 3.63) is 72.2 Å². The highest BCUT2D eigenvalue weighted by atomic mass is 14.7. The zero-order valence-corrected chi connectivity index (χ0v) is 12.7. The van der Waals surface area contributed by atoms with Crippen molar-refractivity contribution in [3.63, 3.8) is 0 Å². The van der Waals surface area contributed by atoms with Gasteiger partial charge in [0.1, 0.15) is 0 Å². The third-order valence-electron chi connectivity index (χ3n) is 4.20. The fraction of sp³-hybridized carbons (Fsp3) is 0.100. The fourth-order valence-corrected chi connectivity index (χ4v) is 3.03. The molecule has 0 unspecified atom stereocenters. The van der Waals surface area contributed by atoms with E-state index in [1.54, 1.807) is 0 Å². The third-order valence-corrected chi connectivity index (χ3v) is 4.20. The van der Waals surface area contributed by atoms with Gasteiger partial charge in [0, 0.05) is 34.9 Å². The Labute approximate surface area is 129 Å². The number of rotatable bonds is 1. The summed E-state index contributed by atoms with van der Waals surface area (Å²) in [4.78, 5) is 9.01. The lowest BCUT2D eigenvalue weighted by atomic mass is 9.96. The van der Waals surface area contributed by atoms with E-state index < -0.39 is 0 Å². The molecule has 0 atom stereocenters. The van der Waals surface area contributed by atoms with E-state index >= 15 is 0 Å². The second-order valence-electron chi connectivity index (χ2n) is 5.74. The molecule has 0 aliphatic heterocycles. The molecular formula is C20H16N2. The summed E-state index contributed by atoms with van der Waals surface area (Å²) in [6.45, 7) is 4.26. The monoisotopic (exact) mass is 284 g/mol. The van der Waals surface area contributed by atoms with E-state index in [0.29, 0.717) is 0 Å². The van der Waals surface area contributed by atoms with E-state index in [9.17, 15) is 0 Å². The van der Waals surface area contributed by atoms with E-state index in [1.807, 2.05) is 18.6 Å². The fourth-order valence-electron chi connectivity index (χ4n) is 3.03. The average Bonchev–Trinajstić information content (AvgIpc) is 2.56. The molecule has 0 aliphatic carbocycles. The predicted octanol–water partition coefficient (Wildman–Crippen LogP) is 5.07. The molecule has 0 saturated heterocycles. The molecule has 106 valence electrons. The lowest BCUT2D eigenvalue weighted by Crippen LogP contribution is -1.91. The Morgan fingerprint density at radius 1 is 0.818 bits per heavy atom. The second-order valence-corrected chi connectivity index (χ2v) is 5.74. The van der Waals surface area contributed by atoms with Gasteiger partial charge in [-0.2, -0.15) is 0 Å². The van der Waals surface area contributed by atoms with Crippen LogP contribution in [-0.2, 0) is 0 Å². The first-order chi connectivity index (χ1) is 10.7. The molecular weight excluding hydrogens is 268 g/mol. The number of fused-ring (bicyclic) bond motifs is 3. The molecule has 0 bridgehead atoms. The summed E-state index contributed by atoms with van der Waals surface area (Å²) in [5.41, 5.74) is 4.73. The third kappa shape index (κ3) is 1.96. The van der Waals surface area contributed by atoms with Crippen LogP contribution in [0.2, 0.25) is 0 Å². The first kappa shape index (κ1) is 13.0. The Hall–Kier alpha value is -2.74. The molecule has 0 saturated carbocycles. The van der Waals surface area contributed by atoms with Gasteiger partial charge in [0.25, 0.3) is 0 Å². The van der Waals surface area contributed by atoms with Crippen molar-refractivity contribution < 1.29 is 0 Å². The quantitative estimate of drug-likeness (QED) is 0.456. The molecule has 2 aromatic carbocycles. The van der Waals surface area contributed by atoms with Crippen molar-refractivity contribution in [1.29, 1.82) is 0 Å². The summed E-state index contributed by atoms with van der Waals surface area (Å²) < 4.78 is 0. The molecule has 2 heterocycles. The first-order valence-corrected chi connectivity index (χ1v) is 7.43. The zero-order valence-electron chi connectivity index (χ0n) is 12.7. The Morgan fingerprint density at radius 3 is 2.55 bits per heavy atom. The summed E-state index contributed by atoms with van der Waals surface area (Å²) in [5, 5.41) is 4.74. The minimum atomic E-state index is 1.04. The topological polar surface area (TPSA) is 25.8 Å². The normalized spacial score (nSPS) is 11.2. The molecule has 0 aliphatic rings. The lowest BCUT2D eigenvalue weighted by molar-refractivity contribution is 1.31. The Balaban J connectivity index is 2.18. The van der Waals surface area contributed by atoms with Crippen LogP contribution in [0.4, 0.5) is 0 Å². The average molecular weight is 284 g/mol. The summed E-state index contributed by atoms with van der Waals surface area (Å²) in [5.74, 6) is 0. The van der Waals surface area contributed by atoms with Gasteiger partial charge in [-0.3, -0.25) is 9.97 Å². The molecule has 0 fully saturated rings. The van der Waals surface area contributed by atoms with Gasteiger partial charge in [0.15, 0.2) is 0 Å². The van der Waals surface area contributed by atoms with E-state index in [2.05, 4.69) is 61.3 Å². The molecule has 4 aromatic rings. The van der Waals surface area contributed by atoms with E-state index in [1.165, 1.54) is 32.8 Å². The van der Waals surface area contributed by atoms with Gasteiger partial charge in [-0.15, -0.1) is 0 Å². The minimum absolute atomic E-state index is 1.04. The van der Waals surface area contributed by atoms with Crippen molar-refractivity contribution in [2.45, 2.75) is 13.8 Å². The molecule has 2 nitrogen and oxygen atoms in total. The van der Waals surface area contributed by atoms with Crippen LogP contribution in [-0.4, -0.2) is 9.97 Å². The first-order valence-electron chi connectivity index (χ1n) is 7.43. The number of hydrogen-bond acceptors (Lipinski definition) is 2. The molecule has 22 heavy (non-hydrogen) atoms. The maximum absolute atomic E-state index is 4.70. The van der Waals surface area contributed by atoms with Gasteiger partial charge in [0.05, 0.1) is 5.69 Å². The van der Waals surface area contributed by atoms with Crippen molar-refractivity contribution in [1.82, 2.24) is 9.97 Å². The maximum Gasteiger partial charge on any atom is 0.0789 e. The van der Waals surface area contributed by atoms with Gasteiger partial charge in [0.2, 0.25) is 0 Å². The number of benzene rings is 2. The SMILES string of the molecule is Cc1ccc(C)c(-c2nccc3ccc4ccncc4c23)c1. The van der Waals surface area contributed by atoms with Crippen LogP contribution in [0, 0.1) is 13.8 Å². The van der Waals surface area contributed by atoms with E-state index in [-0.39, 0.29) is 0 Å². The van der Waals surface area contributed by atoms with Gasteiger partial charge >= 0.3 is 0 Å². The Kier molecular flexibility index (Phi) is 2.90. The lowest BCUT2D eigenvalue weighted by Gasteiger charge is -2.11. The molecule has 2 aromatic heterocycles. The van der Waals surface area contributed by atoms with Gasteiger partial charge in [-0.1, -0.05) is 29.8 Å². The number of aryl methyl sites for hydroxylation is 2. The van der Waals surface area contributed by atoms with Crippen LogP contribution >= 0.6 is 0 Å². The summed E-state index contributed by atoms with van der Waals surface area (Å²) in [6.07, 6.45) is 5.66. The van der Waals surface area contributed by atoms with Crippen molar-refractivity contribution >= 4 is 21.5 Å². The smallest absolute Gasteiger partial charge is 0.0789 e. The Bertz CT molecular complexity index is 1000. The highest BCUT2D eigenvalue weighted by Crippen LogP contribution is 2.34. The molecule has 0 radical (unpaired) electrons.